The molecule has 1 fully saturated rings. The molecule has 1 aliphatic rings. The first-order valence-corrected chi connectivity index (χ1v) is 5.58. The first kappa shape index (κ1) is 11.7. The molecule has 0 radical (unpaired) electrons. The van der Waals surface area contributed by atoms with Crippen molar-refractivity contribution in [3.05, 3.63) is 0 Å². The number of carbonyl (C=O) groups excluding carboxylic acids is 1. The molecule has 0 unspecified atom stereocenters. The van der Waals surface area contributed by atoms with E-state index in [4.69, 9.17) is 5.11 Å². The molecule has 0 aromatic rings. The van der Waals surface area contributed by atoms with Gasteiger partial charge in [-0.2, -0.15) is 0 Å². The molecule has 1 saturated carbocycles. The Morgan fingerprint density at radius 2 is 2.00 bits per heavy atom. The molecule has 0 aliphatic heterocycles. The molecule has 82 valence electrons. The minimum absolute atomic E-state index is 0.203. The molecule has 0 heterocycles. The van der Waals surface area contributed by atoms with Gasteiger partial charge < -0.3 is 5.11 Å². The standard InChI is InChI=1S/C11H21NO2/c1-10(14)6-7-12(8-9-13)11-4-2-3-5-11/h11,13H,2-9H2,1H3. The number of carbonyl (C=O) groups is 1. The first-order valence-electron chi connectivity index (χ1n) is 5.58. The molecule has 1 N–H and O–H groups in total. The van der Waals surface area contributed by atoms with E-state index in [9.17, 15) is 4.79 Å². The van der Waals surface area contributed by atoms with Crippen LogP contribution in [0.1, 0.15) is 39.0 Å². The Bertz CT molecular complexity index is 176. The van der Waals surface area contributed by atoms with E-state index >= 15 is 0 Å². The zero-order chi connectivity index (χ0) is 10.4. The van der Waals surface area contributed by atoms with Gasteiger partial charge in [0.1, 0.15) is 5.78 Å². The van der Waals surface area contributed by atoms with Gasteiger partial charge in [-0.1, -0.05) is 12.8 Å². The number of rotatable bonds is 6. The van der Waals surface area contributed by atoms with Gasteiger partial charge in [0.2, 0.25) is 0 Å². The summed E-state index contributed by atoms with van der Waals surface area (Å²) >= 11 is 0. The number of Topliss-reactive ketones (excluding diaryl/α,β-unsaturated/α-hetero) is 1. The fourth-order valence-electron chi connectivity index (χ4n) is 2.18. The summed E-state index contributed by atoms with van der Waals surface area (Å²) < 4.78 is 0. The van der Waals surface area contributed by atoms with E-state index in [0.29, 0.717) is 12.5 Å². The second kappa shape index (κ2) is 6.14. The van der Waals surface area contributed by atoms with E-state index in [2.05, 4.69) is 4.90 Å². The fraction of sp³-hybridized carbons (Fsp3) is 0.909. The molecule has 0 atom stereocenters. The van der Waals surface area contributed by atoms with Crippen LogP contribution in [0.2, 0.25) is 0 Å². The first-order chi connectivity index (χ1) is 6.74. The van der Waals surface area contributed by atoms with Gasteiger partial charge in [-0.25, -0.2) is 0 Å². The van der Waals surface area contributed by atoms with Crippen LogP contribution >= 0.6 is 0 Å². The third-order valence-electron chi connectivity index (χ3n) is 2.98. The molecule has 0 bridgehead atoms. The molecular formula is C11H21NO2. The molecule has 1 rings (SSSR count). The molecule has 0 aromatic heterocycles. The molecule has 3 heteroatoms. The summed E-state index contributed by atoms with van der Waals surface area (Å²) in [4.78, 5) is 13.2. The van der Waals surface area contributed by atoms with Crippen LogP contribution in [-0.2, 0) is 4.79 Å². The van der Waals surface area contributed by atoms with Gasteiger partial charge in [-0.05, 0) is 19.8 Å². The van der Waals surface area contributed by atoms with Crippen molar-refractivity contribution in [2.24, 2.45) is 0 Å². The predicted octanol–water partition coefficient (Wildman–Crippen LogP) is 1.20. The monoisotopic (exact) mass is 199 g/mol. The van der Waals surface area contributed by atoms with Crippen molar-refractivity contribution in [2.45, 2.75) is 45.1 Å². The van der Waals surface area contributed by atoms with Gasteiger partial charge >= 0.3 is 0 Å². The van der Waals surface area contributed by atoms with Crippen LogP contribution in [-0.4, -0.2) is 41.5 Å². The predicted molar refractivity (Wildman–Crippen MR) is 56.2 cm³/mol. The second-order valence-electron chi connectivity index (χ2n) is 4.15. The third-order valence-corrected chi connectivity index (χ3v) is 2.98. The number of nitrogens with zero attached hydrogens (tertiary/aromatic N) is 1. The van der Waals surface area contributed by atoms with Crippen LogP contribution in [0, 0.1) is 0 Å². The number of hydrogen-bond donors (Lipinski definition) is 1. The normalized spacial score (nSPS) is 17.9. The minimum atomic E-state index is 0.203. The van der Waals surface area contributed by atoms with Crippen molar-refractivity contribution < 1.29 is 9.90 Å². The average Bonchev–Trinajstić information content (AvgIpc) is 2.64. The third kappa shape index (κ3) is 3.76. The van der Waals surface area contributed by atoms with Crippen molar-refractivity contribution in [1.82, 2.24) is 4.90 Å². The summed E-state index contributed by atoms with van der Waals surface area (Å²) in [6.07, 6.45) is 5.69. The zero-order valence-corrected chi connectivity index (χ0v) is 9.04. The molecule has 0 aromatic carbocycles. The van der Waals surface area contributed by atoms with E-state index in [1.165, 1.54) is 25.7 Å². The topological polar surface area (TPSA) is 40.5 Å². The van der Waals surface area contributed by atoms with E-state index in [0.717, 1.165) is 13.1 Å². The summed E-state index contributed by atoms with van der Waals surface area (Å²) in [7, 11) is 0. The lowest BCUT2D eigenvalue weighted by Crippen LogP contribution is -2.37. The lowest BCUT2D eigenvalue weighted by Gasteiger charge is -2.27. The molecular weight excluding hydrogens is 178 g/mol. The highest BCUT2D eigenvalue weighted by Crippen LogP contribution is 2.23. The summed E-state index contributed by atoms with van der Waals surface area (Å²) in [5.74, 6) is 0.242. The van der Waals surface area contributed by atoms with E-state index < -0.39 is 0 Å². The van der Waals surface area contributed by atoms with Crippen LogP contribution in [0.15, 0.2) is 0 Å². The Morgan fingerprint density at radius 1 is 1.36 bits per heavy atom. The highest BCUT2D eigenvalue weighted by atomic mass is 16.3. The lowest BCUT2D eigenvalue weighted by molar-refractivity contribution is -0.117. The molecule has 14 heavy (non-hydrogen) atoms. The Labute approximate surface area is 86.1 Å². The Balaban J connectivity index is 2.33. The van der Waals surface area contributed by atoms with Crippen LogP contribution in [0.5, 0.6) is 0 Å². The number of aliphatic hydroxyl groups is 1. The molecule has 3 nitrogen and oxygen atoms in total. The van der Waals surface area contributed by atoms with E-state index in [1.807, 2.05) is 0 Å². The Hall–Kier alpha value is -0.410. The molecule has 0 amide bonds. The number of hydrogen-bond acceptors (Lipinski definition) is 3. The maximum Gasteiger partial charge on any atom is 0.131 e. The van der Waals surface area contributed by atoms with Crippen molar-refractivity contribution >= 4 is 5.78 Å². The lowest BCUT2D eigenvalue weighted by atomic mass is 10.2. The van der Waals surface area contributed by atoms with Gasteiger partial charge in [-0.15, -0.1) is 0 Å². The summed E-state index contributed by atoms with van der Waals surface area (Å²) in [6.45, 7) is 3.37. The summed E-state index contributed by atoms with van der Waals surface area (Å²) in [6, 6.07) is 0.612. The quantitative estimate of drug-likeness (QED) is 0.699. The van der Waals surface area contributed by atoms with Gasteiger partial charge in [0.25, 0.3) is 0 Å². The minimum Gasteiger partial charge on any atom is -0.395 e. The van der Waals surface area contributed by atoms with Gasteiger partial charge in [0, 0.05) is 25.6 Å². The summed E-state index contributed by atoms with van der Waals surface area (Å²) in [5, 5.41) is 8.94. The number of aliphatic hydroxyl groups excluding tert-OH is 1. The zero-order valence-electron chi connectivity index (χ0n) is 9.04. The maximum atomic E-state index is 10.9. The second-order valence-corrected chi connectivity index (χ2v) is 4.15. The van der Waals surface area contributed by atoms with Crippen LogP contribution in [0.4, 0.5) is 0 Å². The molecule has 0 spiro atoms. The summed E-state index contributed by atoms with van der Waals surface area (Å²) in [5.41, 5.74) is 0. The molecule has 0 saturated heterocycles. The van der Waals surface area contributed by atoms with Crippen molar-refractivity contribution in [2.75, 3.05) is 19.7 Å². The Morgan fingerprint density at radius 3 is 2.50 bits per heavy atom. The van der Waals surface area contributed by atoms with Crippen LogP contribution in [0.3, 0.4) is 0 Å². The van der Waals surface area contributed by atoms with Crippen molar-refractivity contribution in [1.29, 1.82) is 0 Å². The van der Waals surface area contributed by atoms with Gasteiger partial charge in [0.05, 0.1) is 6.61 Å². The number of ketones is 1. The van der Waals surface area contributed by atoms with E-state index in [-0.39, 0.29) is 12.4 Å². The highest BCUT2D eigenvalue weighted by molar-refractivity contribution is 5.75. The Kier molecular flexibility index (Phi) is 5.12. The fourth-order valence-corrected chi connectivity index (χ4v) is 2.18. The van der Waals surface area contributed by atoms with Crippen LogP contribution in [0.25, 0.3) is 0 Å². The van der Waals surface area contributed by atoms with Crippen molar-refractivity contribution in [3.63, 3.8) is 0 Å². The van der Waals surface area contributed by atoms with Crippen LogP contribution < -0.4 is 0 Å². The van der Waals surface area contributed by atoms with Gasteiger partial charge in [-0.3, -0.25) is 9.69 Å². The van der Waals surface area contributed by atoms with Gasteiger partial charge in [0.15, 0.2) is 0 Å². The SMILES string of the molecule is CC(=O)CCN(CCO)C1CCCC1. The molecule has 1 aliphatic carbocycles. The average molecular weight is 199 g/mol. The smallest absolute Gasteiger partial charge is 0.131 e. The maximum absolute atomic E-state index is 10.9. The highest BCUT2D eigenvalue weighted by Gasteiger charge is 2.21. The van der Waals surface area contributed by atoms with Crippen molar-refractivity contribution in [3.8, 4) is 0 Å². The largest absolute Gasteiger partial charge is 0.395 e. The van der Waals surface area contributed by atoms with E-state index in [1.54, 1.807) is 6.92 Å².